The van der Waals surface area contributed by atoms with Crippen LogP contribution in [-0.4, -0.2) is 0 Å². The van der Waals surface area contributed by atoms with Crippen molar-refractivity contribution in [1.29, 1.82) is 0 Å². The molecule has 2 N–H and O–H groups in total. The van der Waals surface area contributed by atoms with Gasteiger partial charge in [-0.2, -0.15) is 0 Å². The molecule has 0 amide bonds. The van der Waals surface area contributed by atoms with Crippen LogP contribution in [0.3, 0.4) is 0 Å². The molecule has 0 heterocycles. The van der Waals surface area contributed by atoms with E-state index in [2.05, 4.69) is 20.1 Å². The van der Waals surface area contributed by atoms with Gasteiger partial charge in [-0.3, -0.25) is 0 Å². The van der Waals surface area contributed by atoms with Crippen molar-refractivity contribution >= 4 is 11.6 Å². The lowest BCUT2D eigenvalue weighted by Crippen LogP contribution is -2.01. The van der Waals surface area contributed by atoms with Gasteiger partial charge in [0.2, 0.25) is 0 Å². The van der Waals surface area contributed by atoms with Crippen molar-refractivity contribution in [3.8, 4) is 0 Å². The van der Waals surface area contributed by atoms with Crippen LogP contribution in [-0.2, 0) is 0 Å². The normalized spacial score (nSPS) is 17.1. The SMILES string of the molecule is C=CCC1=C(N)C=C(Cl)C(=C)C=C1CC. The van der Waals surface area contributed by atoms with Crippen LogP contribution in [0.4, 0.5) is 0 Å². The molecule has 1 nitrogen and oxygen atoms in total. The minimum atomic E-state index is 0.609. The highest BCUT2D eigenvalue weighted by atomic mass is 35.5. The Morgan fingerprint density at radius 3 is 2.67 bits per heavy atom. The maximum atomic E-state index is 6.03. The van der Waals surface area contributed by atoms with E-state index in [4.69, 9.17) is 17.3 Å². The summed E-state index contributed by atoms with van der Waals surface area (Å²) in [6.07, 6.45) is 7.29. The predicted molar refractivity (Wildman–Crippen MR) is 67.5 cm³/mol. The Kier molecular flexibility index (Phi) is 3.98. The summed E-state index contributed by atoms with van der Waals surface area (Å²) in [5.74, 6) is 0. The topological polar surface area (TPSA) is 26.0 Å². The third kappa shape index (κ3) is 2.63. The minimum absolute atomic E-state index is 0.609. The highest BCUT2D eigenvalue weighted by Gasteiger charge is 2.11. The van der Waals surface area contributed by atoms with Gasteiger partial charge >= 0.3 is 0 Å². The van der Waals surface area contributed by atoms with Gasteiger partial charge in [-0.1, -0.05) is 37.3 Å². The summed E-state index contributed by atoms with van der Waals surface area (Å²) >= 11 is 6.03. The molecule has 0 aromatic rings. The van der Waals surface area contributed by atoms with E-state index in [1.807, 2.05) is 12.2 Å². The van der Waals surface area contributed by atoms with Gasteiger partial charge in [0, 0.05) is 10.7 Å². The van der Waals surface area contributed by atoms with Crippen LogP contribution < -0.4 is 5.73 Å². The summed E-state index contributed by atoms with van der Waals surface area (Å²) in [4.78, 5) is 0. The molecule has 15 heavy (non-hydrogen) atoms. The van der Waals surface area contributed by atoms with E-state index < -0.39 is 0 Å². The second-order valence-corrected chi connectivity index (χ2v) is 3.87. The maximum Gasteiger partial charge on any atom is 0.0493 e. The van der Waals surface area contributed by atoms with Gasteiger partial charge in [0.1, 0.15) is 0 Å². The summed E-state index contributed by atoms with van der Waals surface area (Å²) in [6, 6.07) is 0. The van der Waals surface area contributed by atoms with Gasteiger partial charge in [0.05, 0.1) is 0 Å². The van der Waals surface area contributed by atoms with E-state index in [-0.39, 0.29) is 0 Å². The number of halogens is 1. The van der Waals surface area contributed by atoms with Crippen molar-refractivity contribution in [2.45, 2.75) is 19.8 Å². The van der Waals surface area contributed by atoms with Crippen molar-refractivity contribution in [1.82, 2.24) is 0 Å². The van der Waals surface area contributed by atoms with Gasteiger partial charge in [-0.25, -0.2) is 0 Å². The van der Waals surface area contributed by atoms with Crippen LogP contribution in [0.2, 0.25) is 0 Å². The second kappa shape index (κ2) is 5.04. The highest BCUT2D eigenvalue weighted by molar-refractivity contribution is 6.32. The van der Waals surface area contributed by atoms with Crippen LogP contribution in [0, 0.1) is 0 Å². The predicted octanol–water partition coefficient (Wildman–Crippen LogP) is 3.80. The molecule has 0 unspecified atom stereocenters. The lowest BCUT2D eigenvalue weighted by Gasteiger charge is -2.09. The molecule has 0 radical (unpaired) electrons. The van der Waals surface area contributed by atoms with Crippen molar-refractivity contribution in [3.05, 3.63) is 58.8 Å². The summed E-state index contributed by atoms with van der Waals surface area (Å²) in [5, 5.41) is 0.609. The Balaban J connectivity index is 3.26. The highest BCUT2D eigenvalue weighted by Crippen LogP contribution is 2.29. The molecule has 0 aromatic carbocycles. The largest absolute Gasteiger partial charge is 0.398 e. The van der Waals surface area contributed by atoms with Gasteiger partial charge < -0.3 is 5.73 Å². The molecule has 0 bridgehead atoms. The second-order valence-electron chi connectivity index (χ2n) is 3.47. The molecule has 1 aliphatic rings. The van der Waals surface area contributed by atoms with Crippen molar-refractivity contribution in [3.63, 3.8) is 0 Å². The first-order valence-corrected chi connectivity index (χ1v) is 5.34. The fraction of sp³-hybridized carbons (Fsp3) is 0.231. The first-order chi connectivity index (χ1) is 7.10. The minimum Gasteiger partial charge on any atom is -0.398 e. The van der Waals surface area contributed by atoms with Crippen LogP contribution >= 0.6 is 11.6 Å². The Morgan fingerprint density at radius 1 is 1.47 bits per heavy atom. The molecule has 0 spiro atoms. The lowest BCUT2D eigenvalue weighted by atomic mass is 9.98. The summed E-state index contributed by atoms with van der Waals surface area (Å²) < 4.78 is 0. The number of hydrogen-bond donors (Lipinski definition) is 1. The maximum absolute atomic E-state index is 6.03. The Morgan fingerprint density at radius 2 is 2.13 bits per heavy atom. The molecular formula is C13H16ClN. The first-order valence-electron chi connectivity index (χ1n) is 4.97. The summed E-state index contributed by atoms with van der Waals surface area (Å²) in [5.41, 5.74) is 9.79. The van der Waals surface area contributed by atoms with Crippen molar-refractivity contribution < 1.29 is 0 Å². The number of rotatable bonds is 3. The quantitative estimate of drug-likeness (QED) is 0.721. The molecule has 1 aliphatic carbocycles. The van der Waals surface area contributed by atoms with E-state index in [9.17, 15) is 0 Å². The molecule has 2 heteroatoms. The van der Waals surface area contributed by atoms with E-state index in [1.165, 1.54) is 5.57 Å². The van der Waals surface area contributed by atoms with Crippen LogP contribution in [0.25, 0.3) is 0 Å². The average molecular weight is 222 g/mol. The molecule has 1 rings (SSSR count). The fourth-order valence-electron chi connectivity index (χ4n) is 1.58. The van der Waals surface area contributed by atoms with Crippen molar-refractivity contribution in [2.24, 2.45) is 5.73 Å². The molecule has 80 valence electrons. The Bertz CT molecular complexity index is 383. The van der Waals surface area contributed by atoms with Crippen molar-refractivity contribution in [2.75, 3.05) is 0 Å². The third-order valence-corrected chi connectivity index (χ3v) is 2.75. The molecule has 0 saturated heterocycles. The molecule has 0 fully saturated rings. The number of allylic oxidation sites excluding steroid dienone is 7. The van der Waals surface area contributed by atoms with Crippen LogP contribution in [0.5, 0.6) is 0 Å². The lowest BCUT2D eigenvalue weighted by molar-refractivity contribution is 1.05. The molecule has 0 aliphatic heterocycles. The number of hydrogen-bond acceptors (Lipinski definition) is 1. The Hall–Kier alpha value is -1.21. The molecular weight excluding hydrogens is 206 g/mol. The van der Waals surface area contributed by atoms with Gasteiger partial charge in [0.15, 0.2) is 0 Å². The third-order valence-electron chi connectivity index (χ3n) is 2.40. The van der Waals surface area contributed by atoms with E-state index in [0.717, 1.165) is 24.0 Å². The molecule has 0 saturated carbocycles. The van der Waals surface area contributed by atoms with E-state index in [1.54, 1.807) is 6.08 Å². The van der Waals surface area contributed by atoms with E-state index >= 15 is 0 Å². The van der Waals surface area contributed by atoms with Gasteiger partial charge in [0.25, 0.3) is 0 Å². The fourth-order valence-corrected chi connectivity index (χ4v) is 1.75. The molecule has 0 aromatic heterocycles. The summed E-state index contributed by atoms with van der Waals surface area (Å²) in [7, 11) is 0. The zero-order valence-corrected chi connectivity index (χ0v) is 9.77. The summed E-state index contributed by atoms with van der Waals surface area (Å²) in [6.45, 7) is 9.72. The van der Waals surface area contributed by atoms with Gasteiger partial charge in [-0.15, -0.1) is 6.58 Å². The number of nitrogens with two attached hydrogens (primary N) is 1. The van der Waals surface area contributed by atoms with Crippen LogP contribution in [0.15, 0.2) is 58.8 Å². The smallest absolute Gasteiger partial charge is 0.0493 e. The standard InChI is InChI=1S/C13H16ClN/c1-4-6-11-10(5-2)7-9(3)12(14)8-13(11)15/h4,7-8H,1,3,5-6,15H2,2H3. The molecule has 0 atom stereocenters. The zero-order chi connectivity index (χ0) is 11.4. The monoisotopic (exact) mass is 221 g/mol. The van der Waals surface area contributed by atoms with E-state index in [0.29, 0.717) is 10.7 Å². The first kappa shape index (κ1) is 11.9. The van der Waals surface area contributed by atoms with Gasteiger partial charge in [-0.05, 0) is 35.6 Å². The average Bonchev–Trinajstić information content (AvgIpc) is 2.30. The Labute approximate surface area is 96.3 Å². The van der Waals surface area contributed by atoms with Crippen LogP contribution in [0.1, 0.15) is 19.8 Å². The zero-order valence-electron chi connectivity index (χ0n) is 9.02.